The van der Waals surface area contributed by atoms with E-state index in [9.17, 15) is 19.2 Å². The summed E-state index contributed by atoms with van der Waals surface area (Å²) >= 11 is 0. The molecule has 27 heavy (non-hydrogen) atoms. The predicted molar refractivity (Wildman–Crippen MR) is 93.1 cm³/mol. The minimum atomic E-state index is -1.12. The summed E-state index contributed by atoms with van der Waals surface area (Å²) in [6, 6.07) is 4.97. The van der Waals surface area contributed by atoms with Crippen LogP contribution in [0, 0.1) is 0 Å². The highest BCUT2D eigenvalue weighted by Gasteiger charge is 2.13. The number of hydrogen-bond donors (Lipinski definition) is 4. The van der Waals surface area contributed by atoms with Crippen molar-refractivity contribution in [1.29, 1.82) is 0 Å². The van der Waals surface area contributed by atoms with Crippen LogP contribution < -0.4 is 0 Å². The number of rotatable bonds is 9. The van der Waals surface area contributed by atoms with Crippen LogP contribution in [-0.4, -0.2) is 50.6 Å². The molecule has 1 aromatic carbocycles. The molecule has 0 aliphatic rings. The predicted octanol–water partition coefficient (Wildman–Crippen LogP) is 1.81. The van der Waals surface area contributed by atoms with Crippen LogP contribution >= 0.6 is 0 Å². The Morgan fingerprint density at radius 1 is 0.926 bits per heavy atom. The van der Waals surface area contributed by atoms with Gasteiger partial charge in [-0.1, -0.05) is 13.3 Å². The molecule has 150 valence electrons. The van der Waals surface area contributed by atoms with E-state index in [4.69, 9.17) is 20.4 Å². The number of benzene rings is 1. The fourth-order valence-electron chi connectivity index (χ4n) is 1.77. The fraction of sp³-hybridized carbons (Fsp3) is 0.444. The zero-order valence-electron chi connectivity index (χ0n) is 15.0. The molecule has 1 rings (SSSR count). The number of hydrogen-bond acceptors (Lipinski definition) is 7. The van der Waals surface area contributed by atoms with Gasteiger partial charge in [0.1, 0.15) is 0 Å². The number of carboxylic acid groups (broad SMARTS) is 2. The first-order valence-corrected chi connectivity index (χ1v) is 8.33. The summed E-state index contributed by atoms with van der Waals surface area (Å²) in [4.78, 5) is 43.9. The maximum Gasteiger partial charge on any atom is 0.345 e. The molecule has 9 heteroatoms. The Kier molecular flexibility index (Phi) is 12.0. The number of aliphatic hydroxyl groups excluding tert-OH is 1. The van der Waals surface area contributed by atoms with Gasteiger partial charge in [-0.25, -0.2) is 9.59 Å². The van der Waals surface area contributed by atoms with Crippen molar-refractivity contribution in [3.8, 4) is 0 Å². The van der Waals surface area contributed by atoms with Gasteiger partial charge in [-0.3, -0.25) is 9.59 Å². The molecule has 9 nitrogen and oxygen atoms in total. The number of carbonyl (C=O) groups is 4. The van der Waals surface area contributed by atoms with Crippen LogP contribution in [0.3, 0.4) is 0 Å². The van der Waals surface area contributed by atoms with E-state index in [1.807, 2.05) is 6.92 Å². The van der Waals surface area contributed by atoms with Gasteiger partial charge in [-0.05, 0) is 43.5 Å². The molecule has 0 radical (unpaired) electrons. The van der Waals surface area contributed by atoms with Gasteiger partial charge in [-0.2, -0.15) is 0 Å². The summed E-state index contributed by atoms with van der Waals surface area (Å²) in [5.41, 5.74) is 0.0884. The molecule has 1 aromatic rings. The summed E-state index contributed by atoms with van der Waals surface area (Å²) in [5, 5.41) is 33.3. The highest BCUT2D eigenvalue weighted by Crippen LogP contribution is 2.08. The Labute approximate surface area is 156 Å². The fourth-order valence-corrected chi connectivity index (χ4v) is 1.77. The van der Waals surface area contributed by atoms with Crippen LogP contribution in [0.25, 0.3) is 0 Å². The second-order valence-corrected chi connectivity index (χ2v) is 5.51. The van der Waals surface area contributed by atoms with E-state index in [2.05, 4.69) is 4.74 Å². The van der Waals surface area contributed by atoms with Crippen LogP contribution in [0.5, 0.6) is 0 Å². The van der Waals surface area contributed by atoms with Gasteiger partial charge < -0.3 is 25.2 Å². The highest BCUT2D eigenvalue weighted by molar-refractivity contribution is 5.97. The molecule has 0 unspecified atom stereocenters. The number of ether oxygens (including phenoxy) is 1. The lowest BCUT2D eigenvalue weighted by molar-refractivity contribution is -0.139. The largest absolute Gasteiger partial charge is 0.481 e. The Morgan fingerprint density at radius 3 is 1.85 bits per heavy atom. The van der Waals surface area contributed by atoms with Crippen molar-refractivity contribution < 1.29 is 44.3 Å². The van der Waals surface area contributed by atoms with Gasteiger partial charge in [0, 0.05) is 12.8 Å². The standard InChI is InChI=1S/C14H14O7.C4H10O2/c15-11(16)3-1-2-4-12(17)21-14(20)10-7-5-9(6-8-10)13(18)19;1-2-3-4(5)6/h5-8H,1-4H2,(H,15,16)(H,18,19);4-6H,2-3H2,1H3. The van der Waals surface area contributed by atoms with Crippen LogP contribution in [-0.2, 0) is 14.3 Å². The molecule has 0 atom stereocenters. The monoisotopic (exact) mass is 384 g/mol. The van der Waals surface area contributed by atoms with Crippen LogP contribution in [0.1, 0.15) is 66.2 Å². The van der Waals surface area contributed by atoms with Gasteiger partial charge in [0.05, 0.1) is 11.1 Å². The molecule has 0 aliphatic carbocycles. The number of esters is 2. The first kappa shape index (κ1) is 24.2. The third-order valence-electron chi connectivity index (χ3n) is 3.14. The van der Waals surface area contributed by atoms with Crippen molar-refractivity contribution in [3.63, 3.8) is 0 Å². The second-order valence-electron chi connectivity index (χ2n) is 5.51. The topological polar surface area (TPSA) is 158 Å². The molecule has 0 saturated carbocycles. The highest BCUT2D eigenvalue weighted by atomic mass is 16.6. The van der Waals surface area contributed by atoms with E-state index >= 15 is 0 Å². The second kappa shape index (κ2) is 13.4. The quantitative estimate of drug-likeness (QED) is 0.215. The normalized spacial score (nSPS) is 9.93. The summed E-state index contributed by atoms with van der Waals surface area (Å²) in [6.45, 7) is 1.90. The van der Waals surface area contributed by atoms with Gasteiger partial charge in [0.25, 0.3) is 0 Å². The number of unbranched alkanes of at least 4 members (excludes halogenated alkanes) is 1. The number of carboxylic acids is 2. The third kappa shape index (κ3) is 12.2. The molecule has 0 amide bonds. The zero-order valence-corrected chi connectivity index (χ0v) is 15.0. The van der Waals surface area contributed by atoms with Gasteiger partial charge in [0.15, 0.2) is 6.29 Å². The number of aromatic carboxylic acids is 1. The average Bonchev–Trinajstić information content (AvgIpc) is 2.59. The lowest BCUT2D eigenvalue weighted by Gasteiger charge is -2.03. The van der Waals surface area contributed by atoms with Crippen molar-refractivity contribution in [1.82, 2.24) is 0 Å². The summed E-state index contributed by atoms with van der Waals surface area (Å²) in [7, 11) is 0. The Hall–Kier alpha value is -2.78. The molecule has 0 aliphatic heterocycles. The molecule has 0 aromatic heterocycles. The van der Waals surface area contributed by atoms with Crippen LogP contribution in [0.4, 0.5) is 0 Å². The van der Waals surface area contributed by atoms with Gasteiger partial charge >= 0.3 is 23.9 Å². The van der Waals surface area contributed by atoms with E-state index in [1.165, 1.54) is 24.3 Å². The number of aliphatic hydroxyl groups is 2. The van der Waals surface area contributed by atoms with Crippen LogP contribution in [0.2, 0.25) is 0 Å². The first-order chi connectivity index (χ1) is 12.7. The van der Waals surface area contributed by atoms with Gasteiger partial charge in [0.2, 0.25) is 0 Å². The van der Waals surface area contributed by atoms with E-state index in [0.717, 1.165) is 6.42 Å². The number of carbonyl (C=O) groups excluding carboxylic acids is 2. The third-order valence-corrected chi connectivity index (χ3v) is 3.14. The lowest BCUT2D eigenvalue weighted by atomic mass is 10.1. The Balaban J connectivity index is 0.000000972. The zero-order chi connectivity index (χ0) is 20.8. The number of aliphatic carboxylic acids is 1. The minimum absolute atomic E-state index is 0.0200. The molecule has 0 fully saturated rings. The maximum absolute atomic E-state index is 11.6. The Bertz CT molecular complexity index is 620. The van der Waals surface area contributed by atoms with Crippen molar-refractivity contribution in [2.45, 2.75) is 51.7 Å². The summed E-state index contributed by atoms with van der Waals surface area (Å²) < 4.78 is 4.57. The maximum atomic E-state index is 11.6. The van der Waals surface area contributed by atoms with Crippen molar-refractivity contribution in [3.05, 3.63) is 35.4 Å². The van der Waals surface area contributed by atoms with E-state index < -0.39 is 30.2 Å². The SMILES string of the molecule is CCCC(O)O.O=C(O)CCCCC(=O)OC(=O)c1ccc(C(=O)O)cc1. The van der Waals surface area contributed by atoms with E-state index in [-0.39, 0.29) is 24.0 Å². The van der Waals surface area contributed by atoms with Crippen molar-refractivity contribution >= 4 is 23.9 Å². The molecular weight excluding hydrogens is 360 g/mol. The molecule has 0 spiro atoms. The molecule has 0 saturated heterocycles. The summed E-state index contributed by atoms with van der Waals surface area (Å²) in [5.74, 6) is -3.68. The molecular formula is C18H24O9. The lowest BCUT2D eigenvalue weighted by Crippen LogP contribution is -2.12. The molecule has 0 bridgehead atoms. The van der Waals surface area contributed by atoms with E-state index in [0.29, 0.717) is 19.3 Å². The molecule has 4 N–H and O–H groups in total. The smallest absolute Gasteiger partial charge is 0.345 e. The first-order valence-electron chi connectivity index (χ1n) is 8.33. The minimum Gasteiger partial charge on any atom is -0.481 e. The molecule has 0 heterocycles. The van der Waals surface area contributed by atoms with Gasteiger partial charge in [-0.15, -0.1) is 0 Å². The Morgan fingerprint density at radius 2 is 1.44 bits per heavy atom. The van der Waals surface area contributed by atoms with Crippen molar-refractivity contribution in [2.75, 3.05) is 0 Å². The summed E-state index contributed by atoms with van der Waals surface area (Å²) in [6.07, 6.45) is 0.763. The van der Waals surface area contributed by atoms with Crippen LogP contribution in [0.15, 0.2) is 24.3 Å². The van der Waals surface area contributed by atoms with Crippen molar-refractivity contribution in [2.24, 2.45) is 0 Å². The average molecular weight is 384 g/mol. The van der Waals surface area contributed by atoms with E-state index in [1.54, 1.807) is 0 Å².